The number of rotatable bonds is 9. The molecule has 1 rings (SSSR count). The molecule has 1 fully saturated rings. The minimum Gasteiger partial charge on any atom is -0.352 e. The summed E-state index contributed by atoms with van der Waals surface area (Å²) in [5, 5.41) is 3.02. The number of nitrogens with two attached hydrogens (primary N) is 1. The Balaban J connectivity index is 0.00000441. The van der Waals surface area contributed by atoms with Gasteiger partial charge in [0.15, 0.2) is 0 Å². The fourth-order valence-corrected chi connectivity index (χ4v) is 3.01. The van der Waals surface area contributed by atoms with Gasteiger partial charge in [0.25, 0.3) is 0 Å². The lowest BCUT2D eigenvalue weighted by Gasteiger charge is -2.26. The Morgan fingerprint density at radius 1 is 1.36 bits per heavy atom. The van der Waals surface area contributed by atoms with Crippen LogP contribution in [0.2, 0.25) is 0 Å². The molecule has 1 aliphatic heterocycles. The first kappa shape index (κ1) is 21.2. The van der Waals surface area contributed by atoms with Crippen LogP contribution in [-0.2, 0) is 9.59 Å². The third-order valence-corrected chi connectivity index (χ3v) is 4.45. The maximum Gasteiger partial charge on any atom is 0.225 e. The summed E-state index contributed by atoms with van der Waals surface area (Å²) < 4.78 is 0. The molecule has 1 saturated heterocycles. The van der Waals surface area contributed by atoms with Gasteiger partial charge in [-0.05, 0) is 19.3 Å². The summed E-state index contributed by atoms with van der Waals surface area (Å²) in [4.78, 5) is 26.3. The molecule has 2 atom stereocenters. The van der Waals surface area contributed by atoms with Crippen molar-refractivity contribution >= 4 is 24.2 Å². The molecule has 0 radical (unpaired) electrons. The molecule has 22 heavy (non-hydrogen) atoms. The maximum absolute atomic E-state index is 12.3. The fourth-order valence-electron chi connectivity index (χ4n) is 3.01. The predicted octanol–water partition coefficient (Wildman–Crippen LogP) is 2.08. The molecule has 2 amide bonds. The summed E-state index contributed by atoms with van der Waals surface area (Å²) in [6.07, 6.45) is 5.29. The number of carbonyl (C=O) groups excluding carboxylic acids is 2. The third kappa shape index (κ3) is 5.76. The molecule has 130 valence electrons. The van der Waals surface area contributed by atoms with E-state index in [1.165, 1.54) is 0 Å². The second-order valence-corrected chi connectivity index (χ2v) is 6.00. The van der Waals surface area contributed by atoms with E-state index in [1.54, 1.807) is 0 Å². The Kier molecular flexibility index (Phi) is 10.4. The highest BCUT2D eigenvalue weighted by Gasteiger charge is 2.37. The number of amides is 2. The fraction of sp³-hybridized carbons (Fsp3) is 0.875. The second-order valence-electron chi connectivity index (χ2n) is 6.00. The number of nitrogens with one attached hydrogen (secondary N) is 1. The van der Waals surface area contributed by atoms with Crippen LogP contribution < -0.4 is 11.1 Å². The van der Waals surface area contributed by atoms with Gasteiger partial charge in [-0.25, -0.2) is 0 Å². The summed E-state index contributed by atoms with van der Waals surface area (Å²) in [6, 6.07) is 0.301. The molecular formula is C16H32ClN3O2. The van der Waals surface area contributed by atoms with E-state index < -0.39 is 0 Å². The number of nitrogens with zero attached hydrogens (tertiary/aromatic N) is 1. The third-order valence-electron chi connectivity index (χ3n) is 4.45. The zero-order valence-corrected chi connectivity index (χ0v) is 15.0. The number of hydrogen-bond acceptors (Lipinski definition) is 3. The normalized spacial score (nSPS) is 19.2. The van der Waals surface area contributed by atoms with Gasteiger partial charge in [-0.15, -0.1) is 12.4 Å². The first-order valence-electron chi connectivity index (χ1n) is 8.37. The van der Waals surface area contributed by atoms with Gasteiger partial charge in [-0.1, -0.05) is 33.6 Å². The van der Waals surface area contributed by atoms with Crippen LogP contribution in [-0.4, -0.2) is 41.9 Å². The summed E-state index contributed by atoms with van der Waals surface area (Å²) in [5.74, 6) is -0.112. The topological polar surface area (TPSA) is 75.4 Å². The molecule has 1 aliphatic rings. The first-order chi connectivity index (χ1) is 10.1. The molecule has 0 saturated carbocycles. The lowest BCUT2D eigenvalue weighted by molar-refractivity contribution is -0.130. The number of halogens is 1. The highest BCUT2D eigenvalue weighted by Crippen LogP contribution is 2.23. The van der Waals surface area contributed by atoms with Crippen molar-refractivity contribution in [1.82, 2.24) is 10.2 Å². The van der Waals surface area contributed by atoms with E-state index in [0.29, 0.717) is 19.5 Å². The summed E-state index contributed by atoms with van der Waals surface area (Å²) in [6.45, 7) is 7.32. The SMILES string of the molecule is CCCCC(CN)NC(=O)C1CC(=O)N(C(CC)CC)C1.Cl. The van der Waals surface area contributed by atoms with E-state index in [2.05, 4.69) is 26.1 Å². The smallest absolute Gasteiger partial charge is 0.225 e. The van der Waals surface area contributed by atoms with Crippen molar-refractivity contribution in [3.05, 3.63) is 0 Å². The van der Waals surface area contributed by atoms with Gasteiger partial charge in [0, 0.05) is 31.6 Å². The maximum atomic E-state index is 12.3. The Labute approximate surface area is 140 Å². The number of unbranched alkanes of at least 4 members (excludes halogenated alkanes) is 1. The predicted molar refractivity (Wildman–Crippen MR) is 91.9 cm³/mol. The van der Waals surface area contributed by atoms with Crippen molar-refractivity contribution in [2.75, 3.05) is 13.1 Å². The van der Waals surface area contributed by atoms with Crippen molar-refractivity contribution in [3.8, 4) is 0 Å². The molecule has 0 bridgehead atoms. The van der Waals surface area contributed by atoms with Crippen LogP contribution in [0, 0.1) is 5.92 Å². The van der Waals surface area contributed by atoms with Gasteiger partial charge in [0.2, 0.25) is 11.8 Å². The molecule has 0 aliphatic carbocycles. The zero-order chi connectivity index (χ0) is 15.8. The monoisotopic (exact) mass is 333 g/mol. The van der Waals surface area contributed by atoms with Crippen LogP contribution >= 0.6 is 12.4 Å². The highest BCUT2D eigenvalue weighted by atomic mass is 35.5. The minimum atomic E-state index is -0.214. The minimum absolute atomic E-state index is 0. The average Bonchev–Trinajstić information content (AvgIpc) is 2.87. The van der Waals surface area contributed by atoms with Crippen molar-refractivity contribution in [1.29, 1.82) is 0 Å². The van der Waals surface area contributed by atoms with Crippen LogP contribution in [0.5, 0.6) is 0 Å². The van der Waals surface area contributed by atoms with Gasteiger partial charge in [0.1, 0.15) is 0 Å². The van der Waals surface area contributed by atoms with E-state index >= 15 is 0 Å². The van der Waals surface area contributed by atoms with E-state index in [9.17, 15) is 9.59 Å². The zero-order valence-electron chi connectivity index (χ0n) is 14.1. The Morgan fingerprint density at radius 2 is 2.00 bits per heavy atom. The molecule has 5 nitrogen and oxygen atoms in total. The van der Waals surface area contributed by atoms with Crippen LogP contribution in [0.1, 0.15) is 59.3 Å². The summed E-state index contributed by atoms with van der Waals surface area (Å²) in [5.41, 5.74) is 5.71. The quantitative estimate of drug-likeness (QED) is 0.678. The number of hydrogen-bond donors (Lipinski definition) is 2. The van der Waals surface area contributed by atoms with Crippen molar-refractivity contribution in [2.24, 2.45) is 11.7 Å². The molecule has 0 aromatic carbocycles. The van der Waals surface area contributed by atoms with Gasteiger partial charge < -0.3 is 16.0 Å². The van der Waals surface area contributed by atoms with Gasteiger partial charge in [0.05, 0.1) is 5.92 Å². The standard InChI is InChI=1S/C16H31N3O2.ClH/c1-4-7-8-13(10-17)18-16(21)12-9-15(20)19(11-12)14(5-2)6-3;/h12-14H,4-11,17H2,1-3H3,(H,18,21);1H. The lowest BCUT2D eigenvalue weighted by atomic mass is 10.1. The first-order valence-corrected chi connectivity index (χ1v) is 8.37. The van der Waals surface area contributed by atoms with Crippen molar-refractivity contribution in [3.63, 3.8) is 0 Å². The molecule has 1 heterocycles. The van der Waals surface area contributed by atoms with E-state index in [-0.39, 0.29) is 42.2 Å². The van der Waals surface area contributed by atoms with Crippen LogP contribution in [0.15, 0.2) is 0 Å². The lowest BCUT2D eigenvalue weighted by Crippen LogP contribution is -2.44. The Hall–Kier alpha value is -0.810. The molecular weight excluding hydrogens is 302 g/mol. The van der Waals surface area contributed by atoms with Crippen LogP contribution in [0.25, 0.3) is 0 Å². The highest BCUT2D eigenvalue weighted by molar-refractivity contribution is 5.89. The largest absolute Gasteiger partial charge is 0.352 e. The summed E-state index contributed by atoms with van der Waals surface area (Å²) in [7, 11) is 0. The summed E-state index contributed by atoms with van der Waals surface area (Å²) >= 11 is 0. The van der Waals surface area contributed by atoms with Gasteiger partial charge >= 0.3 is 0 Å². The Morgan fingerprint density at radius 3 is 2.50 bits per heavy atom. The van der Waals surface area contributed by atoms with E-state index in [4.69, 9.17) is 5.73 Å². The van der Waals surface area contributed by atoms with Gasteiger partial charge in [-0.2, -0.15) is 0 Å². The molecule has 2 unspecified atom stereocenters. The van der Waals surface area contributed by atoms with Crippen LogP contribution in [0.4, 0.5) is 0 Å². The van der Waals surface area contributed by atoms with Crippen molar-refractivity contribution in [2.45, 2.75) is 71.4 Å². The van der Waals surface area contributed by atoms with Crippen molar-refractivity contribution < 1.29 is 9.59 Å². The molecule has 3 N–H and O–H groups in total. The number of carbonyl (C=O) groups is 2. The Bertz CT molecular complexity index is 348. The second kappa shape index (κ2) is 10.8. The van der Waals surface area contributed by atoms with Crippen LogP contribution in [0.3, 0.4) is 0 Å². The van der Waals surface area contributed by atoms with Gasteiger partial charge in [-0.3, -0.25) is 9.59 Å². The molecule has 6 heteroatoms. The molecule has 0 spiro atoms. The van der Waals surface area contributed by atoms with E-state index in [0.717, 1.165) is 32.1 Å². The number of likely N-dealkylation sites (tertiary alicyclic amines) is 1. The molecule has 0 aromatic rings. The van der Waals surface area contributed by atoms with E-state index in [1.807, 2.05) is 4.90 Å². The molecule has 0 aromatic heterocycles. The average molecular weight is 334 g/mol.